The van der Waals surface area contributed by atoms with Gasteiger partial charge in [0.25, 0.3) is 0 Å². The van der Waals surface area contributed by atoms with Crippen LogP contribution in [0.25, 0.3) is 75.2 Å². The fourth-order valence-electron chi connectivity index (χ4n) is 8.24. The number of hydrogen-bond acceptors (Lipinski definition) is 2. The zero-order valence-electron chi connectivity index (χ0n) is 28.1. The van der Waals surface area contributed by atoms with Crippen LogP contribution < -0.4 is 4.90 Å². The predicted octanol–water partition coefficient (Wildman–Crippen LogP) is 13.7. The number of rotatable bonds is 5. The molecule has 8 aromatic carbocycles. The molecule has 3 aromatic heterocycles. The third kappa shape index (κ3) is 4.31. The largest absolute Gasteiger partial charge is 0.309 e. The Labute approximate surface area is 304 Å². The van der Waals surface area contributed by atoms with E-state index >= 15 is 0 Å². The van der Waals surface area contributed by atoms with Crippen molar-refractivity contribution in [1.29, 1.82) is 0 Å². The third-order valence-corrected chi connectivity index (χ3v) is 11.7. The second-order valence-electron chi connectivity index (χ2n) is 13.4. The number of nitrogens with zero attached hydrogens (tertiary/aromatic N) is 3. The molecule has 4 heteroatoms. The second-order valence-corrected chi connectivity index (χ2v) is 14.4. The average Bonchev–Trinajstić information content (AvgIpc) is 3.87. The molecule has 0 aliphatic rings. The van der Waals surface area contributed by atoms with Gasteiger partial charge in [0.05, 0.1) is 32.5 Å². The van der Waals surface area contributed by atoms with Crippen LogP contribution in [-0.2, 0) is 0 Å². The van der Waals surface area contributed by atoms with Gasteiger partial charge in [-0.05, 0) is 78.9 Å². The number of thiophene rings is 1. The van der Waals surface area contributed by atoms with Gasteiger partial charge in [-0.15, -0.1) is 11.3 Å². The van der Waals surface area contributed by atoms with E-state index in [0.717, 1.165) is 22.7 Å². The third-order valence-electron chi connectivity index (χ3n) is 10.5. The number of fused-ring (bicyclic) bond motifs is 9. The average molecular weight is 682 g/mol. The van der Waals surface area contributed by atoms with Crippen LogP contribution in [0.1, 0.15) is 0 Å². The lowest BCUT2D eigenvalue weighted by Crippen LogP contribution is -2.10. The first-order valence-electron chi connectivity index (χ1n) is 17.7. The molecule has 244 valence electrons. The van der Waals surface area contributed by atoms with Gasteiger partial charge in [0.2, 0.25) is 0 Å². The molecule has 11 rings (SSSR count). The van der Waals surface area contributed by atoms with E-state index in [0.29, 0.717) is 0 Å². The first-order valence-corrected chi connectivity index (χ1v) is 18.5. The summed E-state index contributed by atoms with van der Waals surface area (Å²) < 4.78 is 7.36. The van der Waals surface area contributed by atoms with Crippen molar-refractivity contribution in [2.24, 2.45) is 0 Å². The van der Waals surface area contributed by atoms with Crippen molar-refractivity contribution in [2.45, 2.75) is 0 Å². The number of benzene rings is 8. The highest BCUT2D eigenvalue weighted by molar-refractivity contribution is 7.26. The summed E-state index contributed by atoms with van der Waals surface area (Å²) in [6.07, 6.45) is 0. The highest BCUT2D eigenvalue weighted by Crippen LogP contribution is 2.46. The van der Waals surface area contributed by atoms with Gasteiger partial charge >= 0.3 is 0 Å². The van der Waals surface area contributed by atoms with Crippen LogP contribution in [0.3, 0.4) is 0 Å². The van der Waals surface area contributed by atoms with E-state index in [1.54, 1.807) is 0 Å². The van der Waals surface area contributed by atoms with Gasteiger partial charge in [-0.3, -0.25) is 0 Å². The first kappa shape index (κ1) is 29.1. The van der Waals surface area contributed by atoms with Gasteiger partial charge in [0.15, 0.2) is 0 Å². The Balaban J connectivity index is 1.16. The van der Waals surface area contributed by atoms with Crippen LogP contribution in [0.2, 0.25) is 0 Å². The second kappa shape index (κ2) is 11.5. The molecule has 52 heavy (non-hydrogen) atoms. The molecular weight excluding hydrogens is 651 g/mol. The molecule has 0 saturated heterocycles. The van der Waals surface area contributed by atoms with E-state index in [2.05, 4.69) is 202 Å². The van der Waals surface area contributed by atoms with Crippen LogP contribution in [0.5, 0.6) is 0 Å². The van der Waals surface area contributed by atoms with Crippen molar-refractivity contribution in [1.82, 2.24) is 9.13 Å². The van der Waals surface area contributed by atoms with Crippen molar-refractivity contribution >= 4 is 92.2 Å². The minimum Gasteiger partial charge on any atom is -0.309 e. The molecule has 0 aliphatic carbocycles. The van der Waals surface area contributed by atoms with E-state index in [-0.39, 0.29) is 0 Å². The summed E-state index contributed by atoms with van der Waals surface area (Å²) in [5.74, 6) is 0. The number of hydrogen-bond donors (Lipinski definition) is 0. The van der Waals surface area contributed by atoms with Crippen LogP contribution in [0, 0.1) is 0 Å². The summed E-state index contributed by atoms with van der Waals surface area (Å²) in [6.45, 7) is 0. The standard InChI is InChI=1S/C48H31N3S/c1-2-13-32(14-3-1)51-44-22-10-6-17-38(44)39-30-29-35(31-46(39)51)49(45-23-12-19-41-40-18-7-11-24-47(40)52-48(41)45)33-25-27-34(28-26-33)50-42-20-8-4-15-36(42)37-16-5-9-21-43(37)50/h1-31H. The fourth-order valence-corrected chi connectivity index (χ4v) is 9.45. The monoisotopic (exact) mass is 681 g/mol. The summed E-state index contributed by atoms with van der Waals surface area (Å²) in [5.41, 5.74) is 10.5. The maximum Gasteiger partial charge on any atom is 0.0640 e. The Morgan fingerprint density at radius 1 is 0.346 bits per heavy atom. The summed E-state index contributed by atoms with van der Waals surface area (Å²) in [4.78, 5) is 2.44. The highest BCUT2D eigenvalue weighted by atomic mass is 32.1. The Bertz CT molecular complexity index is 3080. The summed E-state index contributed by atoms with van der Waals surface area (Å²) in [6, 6.07) is 68.4. The molecule has 11 aromatic rings. The molecule has 0 radical (unpaired) electrons. The molecule has 0 bridgehead atoms. The van der Waals surface area contributed by atoms with Crippen molar-refractivity contribution < 1.29 is 0 Å². The van der Waals surface area contributed by atoms with Gasteiger partial charge < -0.3 is 14.0 Å². The smallest absolute Gasteiger partial charge is 0.0640 e. The van der Waals surface area contributed by atoms with Gasteiger partial charge in [-0.2, -0.15) is 0 Å². The predicted molar refractivity (Wildman–Crippen MR) is 223 cm³/mol. The van der Waals surface area contributed by atoms with Gasteiger partial charge in [0, 0.05) is 59.8 Å². The first-order chi connectivity index (χ1) is 25.8. The van der Waals surface area contributed by atoms with Crippen molar-refractivity contribution in [2.75, 3.05) is 4.90 Å². The molecule has 0 amide bonds. The van der Waals surface area contributed by atoms with Gasteiger partial charge in [0.1, 0.15) is 0 Å². The lowest BCUT2D eigenvalue weighted by molar-refractivity contribution is 1.17. The molecule has 0 unspecified atom stereocenters. The molecule has 0 atom stereocenters. The van der Waals surface area contributed by atoms with Gasteiger partial charge in [-0.1, -0.05) is 109 Å². The summed E-state index contributed by atoms with van der Waals surface area (Å²) in [7, 11) is 0. The minimum absolute atomic E-state index is 1.11. The van der Waals surface area contributed by atoms with E-state index in [1.165, 1.54) is 69.5 Å². The number of anilines is 3. The van der Waals surface area contributed by atoms with Crippen LogP contribution >= 0.6 is 11.3 Å². The van der Waals surface area contributed by atoms with E-state index < -0.39 is 0 Å². The fraction of sp³-hybridized carbons (Fsp3) is 0. The van der Waals surface area contributed by atoms with E-state index in [9.17, 15) is 0 Å². The Hall–Kier alpha value is -6.62. The van der Waals surface area contributed by atoms with Crippen LogP contribution in [0.4, 0.5) is 17.1 Å². The normalized spacial score (nSPS) is 11.8. The number of aromatic nitrogens is 2. The minimum atomic E-state index is 1.11. The summed E-state index contributed by atoms with van der Waals surface area (Å²) >= 11 is 1.87. The van der Waals surface area contributed by atoms with Crippen molar-refractivity contribution in [3.8, 4) is 11.4 Å². The molecule has 3 heterocycles. The molecule has 0 fully saturated rings. The molecule has 0 aliphatic heterocycles. The Kier molecular flexibility index (Phi) is 6.42. The van der Waals surface area contributed by atoms with Crippen LogP contribution in [0.15, 0.2) is 188 Å². The lowest BCUT2D eigenvalue weighted by atomic mass is 10.1. The molecule has 3 nitrogen and oxygen atoms in total. The zero-order valence-corrected chi connectivity index (χ0v) is 29.0. The molecule has 0 N–H and O–H groups in total. The van der Waals surface area contributed by atoms with Crippen LogP contribution in [-0.4, -0.2) is 9.13 Å². The quantitative estimate of drug-likeness (QED) is 0.176. The highest BCUT2D eigenvalue weighted by Gasteiger charge is 2.21. The Morgan fingerprint density at radius 3 is 1.52 bits per heavy atom. The maximum atomic E-state index is 2.44. The Morgan fingerprint density at radius 2 is 0.846 bits per heavy atom. The SMILES string of the molecule is c1ccc(-n2c3ccccc3c3ccc(N(c4ccc(-n5c6ccccc6c6ccccc65)cc4)c4cccc5c4sc4ccccc45)cc32)cc1. The molecule has 0 saturated carbocycles. The number of para-hydroxylation sites is 4. The maximum absolute atomic E-state index is 2.44. The topological polar surface area (TPSA) is 13.1 Å². The van der Waals surface area contributed by atoms with E-state index in [1.807, 2.05) is 11.3 Å². The molecule has 0 spiro atoms. The zero-order chi connectivity index (χ0) is 34.2. The lowest BCUT2D eigenvalue weighted by Gasteiger charge is -2.27. The summed E-state index contributed by atoms with van der Waals surface area (Å²) in [5, 5.41) is 7.60. The van der Waals surface area contributed by atoms with Crippen molar-refractivity contribution in [3.63, 3.8) is 0 Å². The van der Waals surface area contributed by atoms with E-state index in [4.69, 9.17) is 0 Å². The van der Waals surface area contributed by atoms with Gasteiger partial charge in [-0.25, -0.2) is 0 Å². The van der Waals surface area contributed by atoms with Crippen molar-refractivity contribution in [3.05, 3.63) is 188 Å². The molecular formula is C48H31N3S.